The fraction of sp³-hybridized carbons (Fsp3) is 0.556. The summed E-state index contributed by atoms with van der Waals surface area (Å²) in [5.74, 6) is 0.766. The van der Waals surface area contributed by atoms with Crippen molar-refractivity contribution < 1.29 is 0 Å². The molecule has 0 aromatic carbocycles. The summed E-state index contributed by atoms with van der Waals surface area (Å²) in [5.41, 5.74) is 0. The zero-order valence-electron chi connectivity index (χ0n) is 6.52. The molecule has 0 spiro atoms. The maximum absolute atomic E-state index is 5.49. The topological polar surface area (TPSA) is 0 Å². The quantitative estimate of drug-likeness (QED) is 0.326. The molecule has 0 amide bonds. The lowest BCUT2D eigenvalue weighted by atomic mass is 10.3. The zero-order valence-corrected chi connectivity index (χ0v) is 7.27. The third-order valence-electron chi connectivity index (χ3n) is 1.12. The van der Waals surface area contributed by atoms with Gasteiger partial charge in [0.05, 0.1) is 0 Å². The molecule has 0 rings (SSSR count). The number of halogens is 1. The van der Waals surface area contributed by atoms with E-state index in [0.29, 0.717) is 0 Å². The molecule has 0 saturated heterocycles. The van der Waals surface area contributed by atoms with Crippen LogP contribution in [0.2, 0.25) is 0 Å². The summed E-state index contributed by atoms with van der Waals surface area (Å²) in [4.78, 5) is 0. The van der Waals surface area contributed by atoms with Gasteiger partial charge in [-0.25, -0.2) is 0 Å². The molecule has 0 aromatic rings. The molecule has 0 N–H and O–H groups in total. The summed E-state index contributed by atoms with van der Waals surface area (Å²) < 4.78 is 0. The van der Waals surface area contributed by atoms with Gasteiger partial charge in [0.15, 0.2) is 0 Å². The third-order valence-corrected chi connectivity index (χ3v) is 1.39. The summed E-state index contributed by atoms with van der Waals surface area (Å²) in [6.07, 6.45) is 11.7. The lowest BCUT2D eigenvalue weighted by Gasteiger charge is -1.83. The Hall–Kier alpha value is -0.230. The first-order valence-corrected chi connectivity index (χ1v) is 4.33. The Bertz CT molecular complexity index is 103. The van der Waals surface area contributed by atoms with Gasteiger partial charge in [-0.2, -0.15) is 0 Å². The van der Waals surface area contributed by atoms with E-state index in [2.05, 4.69) is 31.2 Å². The maximum atomic E-state index is 5.49. The Kier molecular flexibility index (Phi) is 8.57. The lowest BCUT2D eigenvalue weighted by molar-refractivity contribution is 0.966. The standard InChI is InChI=1S/C9H15Cl/c1-2-3-4-5-6-7-8-9-10/h3-6H,2,7-9H2,1H3/b4-3+,6-5+. The van der Waals surface area contributed by atoms with Gasteiger partial charge < -0.3 is 0 Å². The number of rotatable bonds is 5. The van der Waals surface area contributed by atoms with Crippen molar-refractivity contribution in [2.45, 2.75) is 26.2 Å². The summed E-state index contributed by atoms with van der Waals surface area (Å²) in [7, 11) is 0. The van der Waals surface area contributed by atoms with Crippen LogP contribution < -0.4 is 0 Å². The van der Waals surface area contributed by atoms with Gasteiger partial charge >= 0.3 is 0 Å². The average molecular weight is 159 g/mol. The molecule has 0 aliphatic heterocycles. The average Bonchev–Trinajstić information content (AvgIpc) is 1.97. The van der Waals surface area contributed by atoms with Crippen molar-refractivity contribution in [3.63, 3.8) is 0 Å². The number of hydrogen-bond acceptors (Lipinski definition) is 0. The normalized spacial score (nSPS) is 11.8. The van der Waals surface area contributed by atoms with E-state index in [1.807, 2.05) is 0 Å². The number of alkyl halides is 1. The van der Waals surface area contributed by atoms with Crippen LogP contribution in [0.3, 0.4) is 0 Å². The second kappa shape index (κ2) is 8.77. The van der Waals surface area contributed by atoms with Crippen molar-refractivity contribution in [3.05, 3.63) is 24.3 Å². The molecule has 58 valence electrons. The van der Waals surface area contributed by atoms with E-state index in [0.717, 1.165) is 25.1 Å². The minimum Gasteiger partial charge on any atom is -0.127 e. The molecule has 0 fully saturated rings. The highest BCUT2D eigenvalue weighted by molar-refractivity contribution is 6.17. The highest BCUT2D eigenvalue weighted by Crippen LogP contribution is 1.93. The Morgan fingerprint density at radius 1 is 1.20 bits per heavy atom. The Morgan fingerprint density at radius 2 is 1.90 bits per heavy atom. The monoisotopic (exact) mass is 158 g/mol. The summed E-state index contributed by atoms with van der Waals surface area (Å²) in [6, 6.07) is 0. The van der Waals surface area contributed by atoms with E-state index in [-0.39, 0.29) is 0 Å². The summed E-state index contributed by atoms with van der Waals surface area (Å²) >= 11 is 5.49. The Balaban J connectivity index is 3.11. The van der Waals surface area contributed by atoms with Crippen LogP contribution in [0.4, 0.5) is 0 Å². The van der Waals surface area contributed by atoms with Crippen molar-refractivity contribution in [1.29, 1.82) is 0 Å². The highest BCUT2D eigenvalue weighted by Gasteiger charge is 1.76. The fourth-order valence-electron chi connectivity index (χ4n) is 0.584. The highest BCUT2D eigenvalue weighted by atomic mass is 35.5. The van der Waals surface area contributed by atoms with E-state index in [4.69, 9.17) is 11.6 Å². The molecular weight excluding hydrogens is 144 g/mol. The van der Waals surface area contributed by atoms with Crippen molar-refractivity contribution in [3.8, 4) is 0 Å². The minimum atomic E-state index is 0.766. The first kappa shape index (κ1) is 9.77. The second-order valence-electron chi connectivity index (χ2n) is 2.10. The van der Waals surface area contributed by atoms with Gasteiger partial charge in [-0.3, -0.25) is 0 Å². The van der Waals surface area contributed by atoms with Crippen molar-refractivity contribution in [2.75, 3.05) is 5.88 Å². The largest absolute Gasteiger partial charge is 0.127 e. The SMILES string of the molecule is CC/C=C/C=C/CCCCl. The van der Waals surface area contributed by atoms with Crippen molar-refractivity contribution in [1.82, 2.24) is 0 Å². The molecule has 0 aromatic heterocycles. The number of unbranched alkanes of at least 4 members (excludes halogenated alkanes) is 1. The van der Waals surface area contributed by atoms with Crippen LogP contribution in [0, 0.1) is 0 Å². The van der Waals surface area contributed by atoms with Crippen LogP contribution in [-0.4, -0.2) is 5.88 Å². The lowest BCUT2D eigenvalue weighted by Crippen LogP contribution is -1.69. The fourth-order valence-corrected chi connectivity index (χ4v) is 0.739. The molecule has 0 atom stereocenters. The third kappa shape index (κ3) is 7.77. The molecule has 0 saturated carbocycles. The van der Waals surface area contributed by atoms with Crippen LogP contribution in [0.15, 0.2) is 24.3 Å². The van der Waals surface area contributed by atoms with Crippen LogP contribution in [0.25, 0.3) is 0 Å². The van der Waals surface area contributed by atoms with Gasteiger partial charge in [-0.15, -0.1) is 11.6 Å². The number of allylic oxidation sites excluding steroid dienone is 4. The molecule has 0 aliphatic carbocycles. The van der Waals surface area contributed by atoms with Gasteiger partial charge in [0.25, 0.3) is 0 Å². The molecule has 0 radical (unpaired) electrons. The molecule has 1 heteroatoms. The van der Waals surface area contributed by atoms with Crippen LogP contribution in [0.1, 0.15) is 26.2 Å². The van der Waals surface area contributed by atoms with E-state index in [9.17, 15) is 0 Å². The first-order valence-electron chi connectivity index (χ1n) is 3.79. The molecular formula is C9H15Cl. The predicted octanol–water partition coefficient (Wildman–Crippen LogP) is 3.53. The van der Waals surface area contributed by atoms with Crippen molar-refractivity contribution in [2.24, 2.45) is 0 Å². The van der Waals surface area contributed by atoms with Crippen LogP contribution >= 0.6 is 11.6 Å². The predicted molar refractivity (Wildman–Crippen MR) is 48.5 cm³/mol. The molecule has 0 nitrogen and oxygen atoms in total. The maximum Gasteiger partial charge on any atom is 0.0226 e. The van der Waals surface area contributed by atoms with Crippen LogP contribution in [-0.2, 0) is 0 Å². The van der Waals surface area contributed by atoms with Crippen LogP contribution in [0.5, 0.6) is 0 Å². The minimum absolute atomic E-state index is 0.766. The van der Waals surface area contributed by atoms with Gasteiger partial charge in [0, 0.05) is 5.88 Å². The van der Waals surface area contributed by atoms with Gasteiger partial charge in [-0.05, 0) is 19.3 Å². The molecule has 10 heavy (non-hydrogen) atoms. The van der Waals surface area contributed by atoms with E-state index in [1.165, 1.54) is 0 Å². The molecule has 0 aliphatic rings. The van der Waals surface area contributed by atoms with Gasteiger partial charge in [-0.1, -0.05) is 31.2 Å². The Labute approximate surface area is 68.6 Å². The second-order valence-corrected chi connectivity index (χ2v) is 2.47. The molecule has 0 heterocycles. The summed E-state index contributed by atoms with van der Waals surface area (Å²) in [5, 5.41) is 0. The molecule has 0 bridgehead atoms. The smallest absolute Gasteiger partial charge is 0.0226 e. The van der Waals surface area contributed by atoms with E-state index < -0.39 is 0 Å². The number of hydrogen-bond donors (Lipinski definition) is 0. The first-order chi connectivity index (χ1) is 4.91. The van der Waals surface area contributed by atoms with E-state index >= 15 is 0 Å². The summed E-state index contributed by atoms with van der Waals surface area (Å²) in [6.45, 7) is 2.13. The molecule has 0 unspecified atom stereocenters. The van der Waals surface area contributed by atoms with Crippen molar-refractivity contribution >= 4 is 11.6 Å². The van der Waals surface area contributed by atoms with Gasteiger partial charge in [0.2, 0.25) is 0 Å². The van der Waals surface area contributed by atoms with E-state index in [1.54, 1.807) is 0 Å². The Morgan fingerprint density at radius 3 is 2.50 bits per heavy atom. The van der Waals surface area contributed by atoms with Gasteiger partial charge in [0.1, 0.15) is 0 Å². The zero-order chi connectivity index (χ0) is 7.66.